The number of likely N-dealkylation sites (tertiary alicyclic amines) is 1. The molecule has 2 N–H and O–H groups in total. The lowest BCUT2D eigenvalue weighted by Crippen LogP contribution is -2.56. The van der Waals surface area contributed by atoms with Gasteiger partial charge >= 0.3 is 0 Å². The maximum Gasteiger partial charge on any atom is 0.191 e. The Morgan fingerprint density at radius 3 is 2.35 bits per heavy atom. The molecule has 0 aliphatic carbocycles. The van der Waals surface area contributed by atoms with Crippen LogP contribution in [0, 0.1) is 5.92 Å². The second-order valence-electron chi connectivity index (χ2n) is 7.75. The highest BCUT2D eigenvalue weighted by molar-refractivity contribution is 14.0. The molecule has 0 saturated carbocycles. The zero-order chi connectivity index (χ0) is 16.8. The van der Waals surface area contributed by atoms with Crippen LogP contribution in [0.2, 0.25) is 0 Å². The SMILES string of the molecule is CN=C(NCC(C)(C)OC)NCC(C)(C)N1CCCC(C)C1.I. The number of nitrogens with one attached hydrogen (secondary N) is 2. The van der Waals surface area contributed by atoms with Crippen LogP contribution in [-0.4, -0.2) is 62.3 Å². The first-order valence-electron chi connectivity index (χ1n) is 8.45. The standard InChI is InChI=1S/C17H36N4O.HI/c1-14-9-8-10-21(11-14)16(2,3)12-19-15(18-6)20-13-17(4,5)22-7;/h14H,8-13H2,1-7H3,(H2,18,19,20);1H. The fraction of sp³-hybridized carbons (Fsp3) is 0.941. The zero-order valence-corrected chi connectivity index (χ0v) is 18.4. The van der Waals surface area contributed by atoms with Gasteiger partial charge in [-0.05, 0) is 53.0 Å². The summed E-state index contributed by atoms with van der Waals surface area (Å²) in [6.07, 6.45) is 2.66. The van der Waals surface area contributed by atoms with Crippen LogP contribution in [0.3, 0.4) is 0 Å². The number of halogens is 1. The first-order valence-corrected chi connectivity index (χ1v) is 8.45. The van der Waals surface area contributed by atoms with Gasteiger partial charge in [-0.3, -0.25) is 9.89 Å². The average Bonchev–Trinajstić information content (AvgIpc) is 2.47. The molecular weight excluding hydrogens is 403 g/mol. The molecule has 0 aromatic heterocycles. The summed E-state index contributed by atoms with van der Waals surface area (Å²) in [5.74, 6) is 1.64. The summed E-state index contributed by atoms with van der Waals surface area (Å²) in [5.41, 5.74) is -0.0709. The predicted octanol–water partition coefficient (Wildman–Crippen LogP) is 2.70. The number of ether oxygens (including phenoxy) is 1. The maximum absolute atomic E-state index is 5.43. The Labute approximate surface area is 160 Å². The molecular formula is C17H37IN4O. The van der Waals surface area contributed by atoms with Gasteiger partial charge in [-0.15, -0.1) is 24.0 Å². The number of aliphatic imine (C=N–C) groups is 1. The van der Waals surface area contributed by atoms with Crippen molar-refractivity contribution in [1.82, 2.24) is 15.5 Å². The van der Waals surface area contributed by atoms with E-state index in [-0.39, 0.29) is 35.1 Å². The second-order valence-corrected chi connectivity index (χ2v) is 7.75. The minimum Gasteiger partial charge on any atom is -0.377 e. The van der Waals surface area contributed by atoms with E-state index < -0.39 is 0 Å². The van der Waals surface area contributed by atoms with Crippen molar-refractivity contribution in [1.29, 1.82) is 0 Å². The quantitative estimate of drug-likeness (QED) is 0.379. The van der Waals surface area contributed by atoms with Gasteiger partial charge in [-0.25, -0.2) is 0 Å². The first-order chi connectivity index (χ1) is 10.2. The Morgan fingerprint density at radius 2 is 1.83 bits per heavy atom. The molecule has 1 aliphatic rings. The van der Waals surface area contributed by atoms with Crippen molar-refractivity contribution in [2.24, 2.45) is 10.9 Å². The fourth-order valence-corrected chi connectivity index (χ4v) is 2.74. The molecule has 0 radical (unpaired) electrons. The van der Waals surface area contributed by atoms with Gasteiger partial charge in [0.1, 0.15) is 0 Å². The molecule has 0 aromatic carbocycles. The number of nitrogens with zero attached hydrogens (tertiary/aromatic N) is 2. The summed E-state index contributed by atoms with van der Waals surface area (Å²) in [6, 6.07) is 0. The maximum atomic E-state index is 5.43. The molecule has 1 atom stereocenters. The Balaban J connectivity index is 0.00000484. The van der Waals surface area contributed by atoms with Crippen molar-refractivity contribution < 1.29 is 4.74 Å². The van der Waals surface area contributed by atoms with E-state index >= 15 is 0 Å². The van der Waals surface area contributed by atoms with E-state index in [9.17, 15) is 0 Å². The molecule has 0 bridgehead atoms. The number of hydrogen-bond donors (Lipinski definition) is 2. The number of rotatable bonds is 6. The smallest absolute Gasteiger partial charge is 0.191 e. The van der Waals surface area contributed by atoms with Crippen LogP contribution < -0.4 is 10.6 Å². The molecule has 1 fully saturated rings. The molecule has 6 heteroatoms. The van der Waals surface area contributed by atoms with Crippen LogP contribution in [0.4, 0.5) is 0 Å². The predicted molar refractivity (Wildman–Crippen MR) is 110 cm³/mol. The lowest BCUT2D eigenvalue weighted by atomic mass is 9.93. The Kier molecular flexibility index (Phi) is 10.00. The van der Waals surface area contributed by atoms with Crippen molar-refractivity contribution in [3.63, 3.8) is 0 Å². The molecule has 1 heterocycles. The monoisotopic (exact) mass is 440 g/mol. The van der Waals surface area contributed by atoms with Crippen LogP contribution in [0.5, 0.6) is 0 Å². The first kappa shape index (κ1) is 22.9. The Bertz CT molecular complexity index is 372. The molecule has 1 unspecified atom stereocenters. The van der Waals surface area contributed by atoms with E-state index in [2.05, 4.69) is 55.1 Å². The van der Waals surface area contributed by atoms with Gasteiger partial charge in [0, 0.05) is 39.3 Å². The van der Waals surface area contributed by atoms with E-state index in [0.717, 1.165) is 25.0 Å². The van der Waals surface area contributed by atoms with Crippen molar-refractivity contribution in [2.75, 3.05) is 40.3 Å². The highest BCUT2D eigenvalue weighted by atomic mass is 127. The fourth-order valence-electron chi connectivity index (χ4n) is 2.74. The van der Waals surface area contributed by atoms with E-state index in [4.69, 9.17) is 4.74 Å². The van der Waals surface area contributed by atoms with Crippen LogP contribution in [0.1, 0.15) is 47.5 Å². The lowest BCUT2D eigenvalue weighted by molar-refractivity contribution is 0.0267. The summed E-state index contributed by atoms with van der Waals surface area (Å²) in [5, 5.41) is 6.80. The third-order valence-corrected chi connectivity index (χ3v) is 4.66. The summed E-state index contributed by atoms with van der Waals surface area (Å²) in [7, 11) is 3.55. The molecule has 0 amide bonds. The van der Waals surface area contributed by atoms with Gasteiger partial charge < -0.3 is 15.4 Å². The molecule has 0 spiro atoms. The van der Waals surface area contributed by atoms with Crippen molar-refractivity contribution in [3.05, 3.63) is 0 Å². The minimum atomic E-state index is -0.199. The van der Waals surface area contributed by atoms with E-state index in [1.165, 1.54) is 25.9 Å². The largest absolute Gasteiger partial charge is 0.377 e. The molecule has 138 valence electrons. The molecule has 23 heavy (non-hydrogen) atoms. The van der Waals surface area contributed by atoms with E-state index in [1.54, 1.807) is 7.11 Å². The van der Waals surface area contributed by atoms with Crippen molar-refractivity contribution in [2.45, 2.75) is 58.6 Å². The molecule has 1 rings (SSSR count). The topological polar surface area (TPSA) is 48.9 Å². The van der Waals surface area contributed by atoms with Crippen molar-refractivity contribution in [3.8, 4) is 0 Å². The number of guanidine groups is 1. The normalized spacial score (nSPS) is 20.8. The van der Waals surface area contributed by atoms with E-state index in [1.807, 2.05) is 7.05 Å². The van der Waals surface area contributed by atoms with E-state index in [0.29, 0.717) is 0 Å². The number of piperidine rings is 1. The summed E-state index contributed by atoms with van der Waals surface area (Å²) in [6.45, 7) is 15.1. The van der Waals surface area contributed by atoms with Gasteiger partial charge in [-0.2, -0.15) is 0 Å². The van der Waals surface area contributed by atoms with Crippen LogP contribution in [0.25, 0.3) is 0 Å². The number of hydrogen-bond acceptors (Lipinski definition) is 3. The highest BCUT2D eigenvalue weighted by Crippen LogP contribution is 2.23. The van der Waals surface area contributed by atoms with Crippen molar-refractivity contribution >= 4 is 29.9 Å². The highest BCUT2D eigenvalue weighted by Gasteiger charge is 2.30. The van der Waals surface area contributed by atoms with Crippen LogP contribution in [0.15, 0.2) is 4.99 Å². The Hall–Kier alpha value is -0.0800. The molecule has 1 saturated heterocycles. The third-order valence-electron chi connectivity index (χ3n) is 4.66. The summed E-state index contributed by atoms with van der Waals surface area (Å²) >= 11 is 0. The lowest BCUT2D eigenvalue weighted by Gasteiger charge is -2.43. The van der Waals surface area contributed by atoms with Crippen LogP contribution in [-0.2, 0) is 4.74 Å². The molecule has 1 aliphatic heterocycles. The summed E-state index contributed by atoms with van der Waals surface area (Å²) in [4.78, 5) is 6.91. The third kappa shape index (κ3) is 8.03. The van der Waals surface area contributed by atoms with Gasteiger partial charge in [0.25, 0.3) is 0 Å². The number of methoxy groups -OCH3 is 1. The summed E-state index contributed by atoms with van der Waals surface area (Å²) < 4.78 is 5.43. The van der Waals surface area contributed by atoms with Gasteiger partial charge in [0.15, 0.2) is 5.96 Å². The van der Waals surface area contributed by atoms with Gasteiger partial charge in [0.05, 0.1) is 5.60 Å². The van der Waals surface area contributed by atoms with Gasteiger partial charge in [-0.1, -0.05) is 6.92 Å². The average molecular weight is 440 g/mol. The Morgan fingerprint density at radius 1 is 1.22 bits per heavy atom. The van der Waals surface area contributed by atoms with Gasteiger partial charge in [0.2, 0.25) is 0 Å². The second kappa shape index (κ2) is 10.0. The zero-order valence-electron chi connectivity index (χ0n) is 16.0. The molecule has 0 aromatic rings. The van der Waals surface area contributed by atoms with Crippen LogP contribution >= 0.6 is 24.0 Å². The minimum absolute atomic E-state index is 0. The molecule has 5 nitrogen and oxygen atoms in total.